The molecule has 0 saturated carbocycles. The Bertz CT molecular complexity index is 994. The molecule has 0 aliphatic carbocycles. The van der Waals surface area contributed by atoms with Gasteiger partial charge in [-0.2, -0.15) is 0 Å². The Hall–Kier alpha value is -3.00. The van der Waals surface area contributed by atoms with Crippen molar-refractivity contribution in [1.82, 2.24) is 20.1 Å². The van der Waals surface area contributed by atoms with Crippen molar-refractivity contribution in [2.45, 2.75) is 38.5 Å². The molecule has 8 heteroatoms. The molecule has 0 N–H and O–H groups in total. The number of carbonyl (C=O) groups is 1. The number of ether oxygens (including phenoxy) is 1. The van der Waals surface area contributed by atoms with Crippen LogP contribution in [0.2, 0.25) is 0 Å². The summed E-state index contributed by atoms with van der Waals surface area (Å²) in [5, 5.41) is 8.01. The zero-order valence-corrected chi connectivity index (χ0v) is 16.9. The van der Waals surface area contributed by atoms with Gasteiger partial charge in [0.1, 0.15) is 23.5 Å². The normalized spacial score (nSPS) is 19.7. The number of aromatic nitrogens is 3. The fraction of sp³-hybridized carbons (Fsp3) is 0.409. The van der Waals surface area contributed by atoms with E-state index in [1.807, 2.05) is 6.07 Å². The number of unbranched alkanes of at least 4 members (excludes halogenated alkanes) is 1. The molecule has 2 atom stereocenters. The standard InChI is InChI=1S/C22H25FN4O3/c1-2-3-13-26-14-12-19(17(23)15-26)29-20-11-7-10-18-21(20)24-25-27(18)30-22(28)16-8-5-4-6-9-16/h4-11,17,19H,2-3,12-15H2,1H3. The van der Waals surface area contributed by atoms with Crippen molar-refractivity contribution >= 4 is 17.0 Å². The van der Waals surface area contributed by atoms with E-state index in [0.29, 0.717) is 35.3 Å². The molecule has 1 saturated heterocycles. The molecule has 7 nitrogen and oxygen atoms in total. The van der Waals surface area contributed by atoms with Crippen LogP contribution in [0.3, 0.4) is 0 Å². The van der Waals surface area contributed by atoms with Crippen molar-refractivity contribution in [2.75, 3.05) is 19.6 Å². The quantitative estimate of drug-likeness (QED) is 0.555. The van der Waals surface area contributed by atoms with Gasteiger partial charge in [-0.05, 0) is 48.9 Å². The van der Waals surface area contributed by atoms with Gasteiger partial charge in [0, 0.05) is 13.1 Å². The lowest BCUT2D eigenvalue weighted by molar-refractivity contribution is 0.0223. The summed E-state index contributed by atoms with van der Waals surface area (Å²) in [5.74, 6) is -0.110. The van der Waals surface area contributed by atoms with Crippen molar-refractivity contribution < 1.29 is 18.8 Å². The van der Waals surface area contributed by atoms with Gasteiger partial charge >= 0.3 is 5.97 Å². The number of fused-ring (bicyclic) bond motifs is 1. The Morgan fingerprint density at radius 3 is 2.80 bits per heavy atom. The van der Waals surface area contributed by atoms with Gasteiger partial charge in [0.05, 0.1) is 5.56 Å². The van der Waals surface area contributed by atoms with E-state index in [4.69, 9.17) is 9.57 Å². The SMILES string of the molecule is CCCCN1CCC(Oc2cccc3c2nnn3OC(=O)c2ccccc2)C(F)C1. The van der Waals surface area contributed by atoms with E-state index < -0.39 is 18.2 Å². The summed E-state index contributed by atoms with van der Waals surface area (Å²) in [5.41, 5.74) is 1.32. The topological polar surface area (TPSA) is 69.5 Å². The number of nitrogens with zero attached hydrogens (tertiary/aromatic N) is 4. The number of alkyl halides is 1. The molecule has 1 aromatic heterocycles. The number of carbonyl (C=O) groups excluding carboxylic acids is 1. The van der Waals surface area contributed by atoms with Crippen LogP contribution in [0.4, 0.5) is 4.39 Å². The molecule has 2 aromatic carbocycles. The summed E-state index contributed by atoms with van der Waals surface area (Å²) < 4.78 is 20.7. The molecule has 30 heavy (non-hydrogen) atoms. The number of likely N-dealkylation sites (tertiary alicyclic amines) is 1. The second-order valence-corrected chi connectivity index (χ2v) is 7.45. The number of benzene rings is 2. The first-order valence-electron chi connectivity index (χ1n) is 10.3. The van der Waals surface area contributed by atoms with E-state index >= 15 is 0 Å². The van der Waals surface area contributed by atoms with Crippen LogP contribution in [-0.2, 0) is 0 Å². The van der Waals surface area contributed by atoms with Gasteiger partial charge < -0.3 is 14.5 Å². The molecule has 2 unspecified atom stereocenters. The third-order valence-corrected chi connectivity index (χ3v) is 5.26. The summed E-state index contributed by atoms with van der Waals surface area (Å²) >= 11 is 0. The Morgan fingerprint density at radius 2 is 2.03 bits per heavy atom. The van der Waals surface area contributed by atoms with E-state index in [1.165, 1.54) is 0 Å². The molecule has 4 rings (SSSR count). The highest BCUT2D eigenvalue weighted by atomic mass is 19.1. The molecule has 3 aromatic rings. The van der Waals surface area contributed by atoms with E-state index in [1.54, 1.807) is 42.5 Å². The number of hydrogen-bond acceptors (Lipinski definition) is 6. The molecule has 1 aliphatic rings. The van der Waals surface area contributed by atoms with E-state index in [-0.39, 0.29) is 0 Å². The first-order chi connectivity index (χ1) is 14.7. The summed E-state index contributed by atoms with van der Waals surface area (Å²) in [6, 6.07) is 13.8. The van der Waals surface area contributed by atoms with Gasteiger partial charge in [-0.1, -0.05) is 42.5 Å². The van der Waals surface area contributed by atoms with Crippen LogP contribution in [0.25, 0.3) is 11.0 Å². The fourth-order valence-electron chi connectivity index (χ4n) is 3.59. The van der Waals surface area contributed by atoms with Crippen LogP contribution in [0.1, 0.15) is 36.5 Å². The zero-order valence-electron chi connectivity index (χ0n) is 16.9. The minimum absolute atomic E-state index is 0.377. The van der Waals surface area contributed by atoms with Crippen LogP contribution < -0.4 is 9.57 Å². The number of piperidine rings is 1. The molecular formula is C22H25FN4O3. The molecular weight excluding hydrogens is 387 g/mol. The van der Waals surface area contributed by atoms with E-state index in [0.717, 1.165) is 30.8 Å². The minimum atomic E-state index is -1.07. The average molecular weight is 412 g/mol. The summed E-state index contributed by atoms with van der Waals surface area (Å²) in [7, 11) is 0. The summed E-state index contributed by atoms with van der Waals surface area (Å²) in [6.07, 6.45) is 1.17. The van der Waals surface area contributed by atoms with Gasteiger partial charge in [0.15, 0.2) is 5.52 Å². The first kappa shape index (κ1) is 20.3. The predicted molar refractivity (Wildman–Crippen MR) is 110 cm³/mol. The van der Waals surface area contributed by atoms with Crippen LogP contribution in [0, 0.1) is 0 Å². The lowest BCUT2D eigenvalue weighted by Gasteiger charge is -2.34. The number of hydrogen-bond donors (Lipinski definition) is 0. The molecule has 0 bridgehead atoms. The van der Waals surface area contributed by atoms with Crippen molar-refractivity contribution in [3.63, 3.8) is 0 Å². The van der Waals surface area contributed by atoms with Crippen LogP contribution in [0.15, 0.2) is 48.5 Å². The van der Waals surface area contributed by atoms with Crippen molar-refractivity contribution in [3.05, 3.63) is 54.1 Å². The van der Waals surface area contributed by atoms with Crippen molar-refractivity contribution in [2.24, 2.45) is 0 Å². The summed E-state index contributed by atoms with van der Waals surface area (Å²) in [4.78, 5) is 20.9. The number of halogens is 1. The van der Waals surface area contributed by atoms with Gasteiger partial charge in [0.2, 0.25) is 0 Å². The maximum absolute atomic E-state index is 14.7. The summed E-state index contributed by atoms with van der Waals surface area (Å²) in [6.45, 7) is 4.23. The van der Waals surface area contributed by atoms with Crippen LogP contribution in [0.5, 0.6) is 5.75 Å². The first-order valence-corrected chi connectivity index (χ1v) is 10.3. The lowest BCUT2D eigenvalue weighted by Crippen LogP contribution is -2.47. The molecule has 158 valence electrons. The smallest absolute Gasteiger partial charge is 0.365 e. The average Bonchev–Trinajstić information content (AvgIpc) is 3.18. The second kappa shape index (κ2) is 9.21. The molecule has 0 radical (unpaired) electrons. The fourth-order valence-corrected chi connectivity index (χ4v) is 3.59. The zero-order chi connectivity index (χ0) is 20.9. The van der Waals surface area contributed by atoms with Crippen LogP contribution >= 0.6 is 0 Å². The predicted octanol–water partition coefficient (Wildman–Crippen LogP) is 3.29. The highest BCUT2D eigenvalue weighted by Crippen LogP contribution is 2.27. The molecule has 0 amide bonds. The monoisotopic (exact) mass is 412 g/mol. The molecule has 2 heterocycles. The second-order valence-electron chi connectivity index (χ2n) is 7.45. The Kier molecular flexibility index (Phi) is 6.23. The highest BCUT2D eigenvalue weighted by Gasteiger charge is 2.31. The molecule has 1 fully saturated rings. The van der Waals surface area contributed by atoms with Crippen molar-refractivity contribution in [1.29, 1.82) is 0 Å². The third kappa shape index (κ3) is 4.43. The highest BCUT2D eigenvalue weighted by molar-refractivity contribution is 5.90. The van der Waals surface area contributed by atoms with E-state index in [9.17, 15) is 9.18 Å². The Morgan fingerprint density at radius 1 is 1.20 bits per heavy atom. The largest absolute Gasteiger partial charge is 0.485 e. The molecule has 1 aliphatic heterocycles. The Labute approximate surface area is 174 Å². The van der Waals surface area contributed by atoms with Crippen LogP contribution in [-0.4, -0.2) is 57.9 Å². The van der Waals surface area contributed by atoms with Gasteiger partial charge in [-0.15, -0.1) is 5.10 Å². The van der Waals surface area contributed by atoms with Crippen molar-refractivity contribution in [3.8, 4) is 5.75 Å². The van der Waals surface area contributed by atoms with Gasteiger partial charge in [-0.25, -0.2) is 9.18 Å². The van der Waals surface area contributed by atoms with Gasteiger partial charge in [-0.3, -0.25) is 0 Å². The van der Waals surface area contributed by atoms with E-state index in [2.05, 4.69) is 22.1 Å². The maximum Gasteiger partial charge on any atom is 0.365 e. The lowest BCUT2D eigenvalue weighted by atomic mass is 10.1. The van der Waals surface area contributed by atoms with Gasteiger partial charge in [0.25, 0.3) is 0 Å². The molecule has 0 spiro atoms. The maximum atomic E-state index is 14.7. The third-order valence-electron chi connectivity index (χ3n) is 5.26. The number of rotatable bonds is 7. The Balaban J connectivity index is 1.47. The minimum Gasteiger partial charge on any atom is -0.485 e.